The summed E-state index contributed by atoms with van der Waals surface area (Å²) in [6.45, 7) is 2.11. The molecular weight excluding hydrogens is 334 g/mol. The number of benzene rings is 1. The Balaban J connectivity index is 1.45. The number of hydrogen-bond acceptors (Lipinski definition) is 5. The minimum atomic E-state index is -0.771. The Morgan fingerprint density at radius 2 is 2.15 bits per heavy atom. The predicted molar refractivity (Wildman–Crippen MR) is 92.4 cm³/mol. The summed E-state index contributed by atoms with van der Waals surface area (Å²) < 4.78 is 11.2. The Bertz CT molecular complexity index is 922. The summed E-state index contributed by atoms with van der Waals surface area (Å²) in [4.78, 5) is 27.6. The number of carbonyl (C=O) groups is 2. The Morgan fingerprint density at radius 3 is 2.88 bits per heavy atom. The van der Waals surface area contributed by atoms with E-state index in [0.717, 1.165) is 0 Å². The topological polar surface area (TPSA) is 84.7 Å². The van der Waals surface area contributed by atoms with Crippen LogP contribution < -0.4 is 10.2 Å². The molecule has 3 aliphatic heterocycles. The van der Waals surface area contributed by atoms with E-state index < -0.39 is 17.4 Å². The van der Waals surface area contributed by atoms with E-state index in [-0.39, 0.29) is 17.9 Å². The number of aryl methyl sites for hydroxylation is 1. The minimum absolute atomic E-state index is 0.154. The summed E-state index contributed by atoms with van der Waals surface area (Å²) in [6, 6.07) is 10.9. The Labute approximate surface area is 149 Å². The molecule has 1 aromatic carbocycles. The number of aromatic nitrogens is 1. The average molecular weight is 351 g/mol. The highest BCUT2D eigenvalue weighted by Gasteiger charge is 2.67. The summed E-state index contributed by atoms with van der Waals surface area (Å²) in [5, 5.41) is 6.84. The standard InChI is InChI=1S/C19H17N3O4/c1-11-9-14(21-26-11)22-10-19-8-7-13(25-19)15(16(19)18(22)24)17(23)20-12-5-3-2-4-6-12/h2-9,13,15-16H,10H2,1H3,(H,20,23)/t13-,15+,16+,19-/m1/s1. The quantitative estimate of drug-likeness (QED) is 0.854. The van der Waals surface area contributed by atoms with E-state index >= 15 is 0 Å². The molecule has 0 saturated carbocycles. The fraction of sp³-hybridized carbons (Fsp3) is 0.316. The van der Waals surface area contributed by atoms with Gasteiger partial charge in [-0.15, -0.1) is 0 Å². The van der Waals surface area contributed by atoms with Crippen molar-refractivity contribution in [1.82, 2.24) is 5.16 Å². The molecule has 2 aromatic rings. The summed E-state index contributed by atoms with van der Waals surface area (Å²) in [5.74, 6) is -0.397. The lowest BCUT2D eigenvalue weighted by Crippen LogP contribution is -2.41. The number of ether oxygens (including phenoxy) is 1. The van der Waals surface area contributed by atoms with Gasteiger partial charge in [0.2, 0.25) is 11.8 Å². The van der Waals surface area contributed by atoms with E-state index in [1.807, 2.05) is 42.5 Å². The average Bonchev–Trinajstić information content (AvgIpc) is 3.37. The zero-order chi connectivity index (χ0) is 17.9. The van der Waals surface area contributed by atoms with Crippen molar-refractivity contribution in [1.29, 1.82) is 0 Å². The van der Waals surface area contributed by atoms with Crippen molar-refractivity contribution in [3.8, 4) is 0 Å². The lowest BCUT2D eigenvalue weighted by atomic mass is 9.77. The second kappa shape index (κ2) is 5.28. The Morgan fingerprint density at radius 1 is 1.35 bits per heavy atom. The third-order valence-electron chi connectivity index (χ3n) is 5.34. The van der Waals surface area contributed by atoms with Crippen molar-refractivity contribution in [2.24, 2.45) is 11.8 Å². The second-order valence-electron chi connectivity index (χ2n) is 6.98. The van der Waals surface area contributed by atoms with Crippen LogP contribution >= 0.6 is 0 Å². The maximum absolute atomic E-state index is 13.1. The molecule has 4 heterocycles. The van der Waals surface area contributed by atoms with Crippen LogP contribution in [-0.2, 0) is 14.3 Å². The molecule has 4 atom stereocenters. The molecule has 0 aliphatic carbocycles. The molecule has 5 rings (SSSR count). The molecule has 1 aromatic heterocycles. The van der Waals surface area contributed by atoms with Gasteiger partial charge in [0, 0.05) is 11.8 Å². The van der Waals surface area contributed by atoms with Gasteiger partial charge in [-0.25, -0.2) is 0 Å². The first kappa shape index (κ1) is 15.3. The number of rotatable bonds is 3. The van der Waals surface area contributed by atoms with E-state index in [4.69, 9.17) is 9.26 Å². The van der Waals surface area contributed by atoms with Crippen molar-refractivity contribution < 1.29 is 18.8 Å². The molecule has 1 N–H and O–H groups in total. The SMILES string of the molecule is Cc1cc(N2C[C@@]34C=C[C@@H](O3)[C@H](C(=O)Nc3ccccc3)[C@H]4C2=O)no1. The lowest BCUT2D eigenvalue weighted by molar-refractivity contribution is -0.128. The summed E-state index contributed by atoms with van der Waals surface area (Å²) in [7, 11) is 0. The van der Waals surface area contributed by atoms with Gasteiger partial charge in [-0.05, 0) is 19.1 Å². The first-order valence-electron chi connectivity index (χ1n) is 8.55. The highest BCUT2D eigenvalue weighted by Crippen LogP contribution is 2.52. The summed E-state index contributed by atoms with van der Waals surface area (Å²) in [5.41, 5.74) is -0.0689. The van der Waals surface area contributed by atoms with Crippen LogP contribution in [0, 0.1) is 18.8 Å². The molecule has 7 heteroatoms. The van der Waals surface area contributed by atoms with Crippen LogP contribution in [0.4, 0.5) is 11.5 Å². The van der Waals surface area contributed by atoms with Crippen molar-refractivity contribution in [2.75, 3.05) is 16.8 Å². The molecule has 0 radical (unpaired) electrons. The molecule has 2 fully saturated rings. The van der Waals surface area contributed by atoms with Crippen LogP contribution in [0.15, 0.2) is 53.1 Å². The largest absolute Gasteiger partial charge is 0.360 e. The summed E-state index contributed by atoms with van der Waals surface area (Å²) >= 11 is 0. The van der Waals surface area contributed by atoms with Crippen LogP contribution in [0.25, 0.3) is 0 Å². The van der Waals surface area contributed by atoms with Gasteiger partial charge < -0.3 is 14.6 Å². The van der Waals surface area contributed by atoms with Crippen molar-refractivity contribution >= 4 is 23.3 Å². The molecular formula is C19H17N3O4. The van der Waals surface area contributed by atoms with E-state index in [9.17, 15) is 9.59 Å². The molecule has 26 heavy (non-hydrogen) atoms. The van der Waals surface area contributed by atoms with Crippen molar-refractivity contribution in [2.45, 2.75) is 18.6 Å². The molecule has 3 aliphatic rings. The maximum atomic E-state index is 13.1. The van der Waals surface area contributed by atoms with Crippen molar-refractivity contribution in [3.63, 3.8) is 0 Å². The number of amides is 2. The zero-order valence-corrected chi connectivity index (χ0v) is 14.1. The van der Waals surface area contributed by atoms with E-state index in [2.05, 4.69) is 10.5 Å². The van der Waals surface area contributed by atoms with Crippen LogP contribution in [0.3, 0.4) is 0 Å². The fourth-order valence-corrected chi connectivity index (χ4v) is 4.22. The van der Waals surface area contributed by atoms with Gasteiger partial charge in [0.1, 0.15) is 11.4 Å². The number of fused-ring (bicyclic) bond motifs is 1. The molecule has 2 bridgehead atoms. The number of nitrogens with one attached hydrogen (secondary N) is 1. The van der Waals surface area contributed by atoms with Gasteiger partial charge in [-0.2, -0.15) is 0 Å². The van der Waals surface area contributed by atoms with Crippen LogP contribution in [0.2, 0.25) is 0 Å². The van der Waals surface area contributed by atoms with E-state index in [1.54, 1.807) is 17.9 Å². The minimum Gasteiger partial charge on any atom is -0.360 e. The molecule has 1 spiro atoms. The molecule has 0 unspecified atom stereocenters. The Kier molecular flexibility index (Phi) is 3.12. The number of carbonyl (C=O) groups excluding carboxylic acids is 2. The molecule has 2 amide bonds. The maximum Gasteiger partial charge on any atom is 0.235 e. The number of para-hydroxylation sites is 1. The van der Waals surface area contributed by atoms with Gasteiger partial charge >= 0.3 is 0 Å². The zero-order valence-electron chi connectivity index (χ0n) is 14.1. The highest BCUT2D eigenvalue weighted by atomic mass is 16.5. The fourth-order valence-electron chi connectivity index (χ4n) is 4.22. The second-order valence-corrected chi connectivity index (χ2v) is 6.98. The molecule has 7 nitrogen and oxygen atoms in total. The molecule has 2 saturated heterocycles. The normalized spacial score (nSPS) is 31.5. The number of hydrogen-bond donors (Lipinski definition) is 1. The van der Waals surface area contributed by atoms with Gasteiger partial charge in [0.05, 0.1) is 24.5 Å². The van der Waals surface area contributed by atoms with Crippen LogP contribution in [-0.4, -0.2) is 35.2 Å². The first-order chi connectivity index (χ1) is 12.6. The lowest BCUT2D eigenvalue weighted by Gasteiger charge is -2.23. The third-order valence-corrected chi connectivity index (χ3v) is 5.34. The van der Waals surface area contributed by atoms with Gasteiger partial charge in [-0.1, -0.05) is 35.5 Å². The third kappa shape index (κ3) is 2.07. The Hall–Kier alpha value is -2.93. The van der Waals surface area contributed by atoms with Crippen LogP contribution in [0.1, 0.15) is 5.76 Å². The number of anilines is 2. The monoisotopic (exact) mass is 351 g/mol. The predicted octanol–water partition coefficient (Wildman–Crippen LogP) is 1.91. The van der Waals surface area contributed by atoms with E-state index in [1.165, 1.54) is 0 Å². The highest BCUT2D eigenvalue weighted by molar-refractivity contribution is 6.05. The van der Waals surface area contributed by atoms with Gasteiger partial charge in [-0.3, -0.25) is 14.5 Å². The van der Waals surface area contributed by atoms with Crippen molar-refractivity contribution in [3.05, 3.63) is 54.3 Å². The first-order valence-corrected chi connectivity index (χ1v) is 8.55. The smallest absolute Gasteiger partial charge is 0.235 e. The van der Waals surface area contributed by atoms with Crippen LogP contribution in [0.5, 0.6) is 0 Å². The molecule has 132 valence electrons. The van der Waals surface area contributed by atoms with E-state index in [0.29, 0.717) is 23.8 Å². The summed E-state index contributed by atoms with van der Waals surface area (Å²) in [6.07, 6.45) is 3.42. The van der Waals surface area contributed by atoms with Gasteiger partial charge in [0.15, 0.2) is 5.82 Å². The number of nitrogens with zero attached hydrogens (tertiary/aromatic N) is 2. The van der Waals surface area contributed by atoms with Gasteiger partial charge in [0.25, 0.3) is 0 Å².